The van der Waals surface area contributed by atoms with E-state index in [1.54, 1.807) is 0 Å². The van der Waals surface area contributed by atoms with Crippen molar-refractivity contribution in [3.05, 3.63) is 24.0 Å². The number of halogens is 1. The molecular formula is C11H16FN3O2S. The molecule has 0 bridgehead atoms. The molecule has 1 aliphatic rings. The fourth-order valence-electron chi connectivity index (χ4n) is 2.30. The van der Waals surface area contributed by atoms with Crippen LogP contribution in [0.2, 0.25) is 0 Å². The van der Waals surface area contributed by atoms with Crippen molar-refractivity contribution in [2.45, 2.75) is 23.8 Å². The third-order valence-electron chi connectivity index (χ3n) is 3.21. The van der Waals surface area contributed by atoms with E-state index in [4.69, 9.17) is 10.9 Å². The van der Waals surface area contributed by atoms with Crippen LogP contribution < -0.4 is 15.8 Å². The largest absolute Gasteiger partial charge is 0.365 e. The Balaban J connectivity index is 2.36. The van der Waals surface area contributed by atoms with Crippen LogP contribution in [0.3, 0.4) is 0 Å². The van der Waals surface area contributed by atoms with Gasteiger partial charge in [0.1, 0.15) is 5.82 Å². The lowest BCUT2D eigenvalue weighted by Crippen LogP contribution is -2.35. The molecule has 2 rings (SSSR count). The van der Waals surface area contributed by atoms with Crippen molar-refractivity contribution in [1.29, 1.82) is 0 Å². The van der Waals surface area contributed by atoms with E-state index in [0.717, 1.165) is 25.5 Å². The van der Waals surface area contributed by atoms with Crippen LogP contribution in [0.25, 0.3) is 0 Å². The van der Waals surface area contributed by atoms with Gasteiger partial charge in [-0.3, -0.25) is 0 Å². The summed E-state index contributed by atoms with van der Waals surface area (Å²) in [5.41, 5.74) is 6.02. The van der Waals surface area contributed by atoms with Crippen molar-refractivity contribution in [2.24, 2.45) is 10.9 Å². The molecule has 0 amide bonds. The van der Waals surface area contributed by atoms with Crippen LogP contribution in [-0.4, -0.2) is 27.5 Å². The van der Waals surface area contributed by atoms with Gasteiger partial charge < -0.3 is 10.6 Å². The van der Waals surface area contributed by atoms with Gasteiger partial charge in [0.05, 0.1) is 10.6 Å². The zero-order chi connectivity index (χ0) is 13.3. The van der Waals surface area contributed by atoms with E-state index in [2.05, 4.69) is 0 Å². The molecule has 1 saturated heterocycles. The van der Waals surface area contributed by atoms with Gasteiger partial charge in [0.2, 0.25) is 10.0 Å². The fourth-order valence-corrected chi connectivity index (χ4v) is 2.82. The van der Waals surface area contributed by atoms with Gasteiger partial charge in [-0.1, -0.05) is 0 Å². The molecule has 5 nitrogen and oxygen atoms in total. The Labute approximate surface area is 106 Å². The quantitative estimate of drug-likeness (QED) is 0.834. The Bertz CT molecular complexity index is 547. The van der Waals surface area contributed by atoms with Crippen LogP contribution in [0.1, 0.15) is 12.8 Å². The van der Waals surface area contributed by atoms with Crippen LogP contribution >= 0.6 is 0 Å². The molecule has 0 aliphatic carbocycles. The minimum absolute atomic E-state index is 0.111. The average molecular weight is 273 g/mol. The minimum Gasteiger partial charge on any atom is -0.365 e. The SMILES string of the molecule is NCC1CCCN1c1ccc(S(N)(=O)=O)cc1F. The van der Waals surface area contributed by atoms with E-state index in [9.17, 15) is 12.8 Å². The second-order valence-corrected chi connectivity index (χ2v) is 5.94. The van der Waals surface area contributed by atoms with Crippen molar-refractivity contribution in [2.75, 3.05) is 18.0 Å². The Kier molecular flexibility index (Phi) is 3.56. The molecule has 100 valence electrons. The zero-order valence-electron chi connectivity index (χ0n) is 9.84. The van der Waals surface area contributed by atoms with E-state index in [-0.39, 0.29) is 10.9 Å². The van der Waals surface area contributed by atoms with Crippen molar-refractivity contribution >= 4 is 15.7 Å². The third kappa shape index (κ3) is 2.47. The molecule has 7 heteroatoms. The highest BCUT2D eigenvalue weighted by atomic mass is 32.2. The minimum atomic E-state index is -3.87. The van der Waals surface area contributed by atoms with E-state index < -0.39 is 15.8 Å². The van der Waals surface area contributed by atoms with Gasteiger partial charge in [-0.25, -0.2) is 17.9 Å². The number of nitrogens with two attached hydrogens (primary N) is 2. The number of hydrogen-bond acceptors (Lipinski definition) is 4. The Hall–Kier alpha value is -1.18. The normalized spacial score (nSPS) is 20.4. The summed E-state index contributed by atoms with van der Waals surface area (Å²) in [5.74, 6) is -0.582. The summed E-state index contributed by atoms with van der Waals surface area (Å²) in [6.45, 7) is 1.18. The van der Waals surface area contributed by atoms with Crippen molar-refractivity contribution in [3.63, 3.8) is 0 Å². The lowest BCUT2D eigenvalue weighted by Gasteiger charge is -2.26. The summed E-state index contributed by atoms with van der Waals surface area (Å²) >= 11 is 0. The lowest BCUT2D eigenvalue weighted by molar-refractivity contribution is 0.588. The molecule has 18 heavy (non-hydrogen) atoms. The van der Waals surface area contributed by atoms with Gasteiger partial charge in [0, 0.05) is 19.1 Å². The highest BCUT2D eigenvalue weighted by molar-refractivity contribution is 7.89. The Morgan fingerprint density at radius 2 is 2.17 bits per heavy atom. The molecule has 1 heterocycles. The maximum Gasteiger partial charge on any atom is 0.238 e. The second-order valence-electron chi connectivity index (χ2n) is 4.38. The van der Waals surface area contributed by atoms with Gasteiger partial charge in [-0.15, -0.1) is 0 Å². The number of hydrogen-bond donors (Lipinski definition) is 2. The standard InChI is InChI=1S/C11H16FN3O2S/c12-10-6-9(18(14,16)17)3-4-11(10)15-5-1-2-8(15)7-13/h3-4,6,8H,1-2,5,7,13H2,(H2,14,16,17). The first-order valence-corrected chi connectivity index (χ1v) is 7.27. The Morgan fingerprint density at radius 3 is 2.72 bits per heavy atom. The molecule has 0 aromatic heterocycles. The van der Waals surface area contributed by atoms with Crippen LogP contribution in [0.15, 0.2) is 23.1 Å². The van der Waals surface area contributed by atoms with Gasteiger partial charge >= 0.3 is 0 Å². The molecule has 4 N–H and O–H groups in total. The van der Waals surface area contributed by atoms with E-state index in [0.29, 0.717) is 12.2 Å². The van der Waals surface area contributed by atoms with E-state index in [1.807, 2.05) is 4.90 Å². The number of benzene rings is 1. The fraction of sp³-hybridized carbons (Fsp3) is 0.455. The van der Waals surface area contributed by atoms with Gasteiger partial charge in [0.25, 0.3) is 0 Å². The molecule has 1 atom stereocenters. The monoisotopic (exact) mass is 273 g/mol. The van der Waals surface area contributed by atoms with Crippen LogP contribution in [0.4, 0.5) is 10.1 Å². The third-order valence-corrected chi connectivity index (χ3v) is 4.12. The lowest BCUT2D eigenvalue weighted by atomic mass is 10.2. The highest BCUT2D eigenvalue weighted by Crippen LogP contribution is 2.28. The average Bonchev–Trinajstić information content (AvgIpc) is 2.75. The number of primary sulfonamides is 1. The second kappa shape index (κ2) is 4.83. The smallest absolute Gasteiger partial charge is 0.238 e. The molecule has 0 radical (unpaired) electrons. The van der Waals surface area contributed by atoms with Gasteiger partial charge in [-0.2, -0.15) is 0 Å². The molecule has 0 spiro atoms. The van der Waals surface area contributed by atoms with E-state index >= 15 is 0 Å². The van der Waals surface area contributed by atoms with E-state index in [1.165, 1.54) is 12.1 Å². The van der Waals surface area contributed by atoms with Crippen LogP contribution in [-0.2, 0) is 10.0 Å². The van der Waals surface area contributed by atoms with Crippen molar-refractivity contribution in [3.8, 4) is 0 Å². The summed E-state index contributed by atoms with van der Waals surface area (Å²) in [4.78, 5) is 1.66. The number of sulfonamides is 1. The summed E-state index contributed by atoms with van der Waals surface area (Å²) < 4.78 is 36.2. The number of rotatable bonds is 3. The van der Waals surface area contributed by atoms with Gasteiger partial charge in [0.15, 0.2) is 0 Å². The summed E-state index contributed by atoms with van der Waals surface area (Å²) in [7, 11) is -3.87. The van der Waals surface area contributed by atoms with Crippen LogP contribution in [0.5, 0.6) is 0 Å². The van der Waals surface area contributed by atoms with Crippen LogP contribution in [0, 0.1) is 5.82 Å². The summed E-state index contributed by atoms with van der Waals surface area (Å²) in [5, 5.41) is 4.95. The predicted molar refractivity (Wildman–Crippen MR) is 67.2 cm³/mol. The maximum absolute atomic E-state index is 13.9. The molecule has 1 aromatic rings. The predicted octanol–water partition coefficient (Wildman–Crippen LogP) is 0.401. The topological polar surface area (TPSA) is 89.4 Å². The number of anilines is 1. The zero-order valence-corrected chi connectivity index (χ0v) is 10.7. The highest BCUT2D eigenvalue weighted by Gasteiger charge is 2.26. The molecule has 1 unspecified atom stereocenters. The molecule has 1 fully saturated rings. The molecule has 0 saturated carbocycles. The Morgan fingerprint density at radius 1 is 1.44 bits per heavy atom. The first-order chi connectivity index (χ1) is 8.43. The van der Waals surface area contributed by atoms with Crippen molar-refractivity contribution < 1.29 is 12.8 Å². The maximum atomic E-state index is 13.9. The first-order valence-electron chi connectivity index (χ1n) is 5.72. The summed E-state index contributed by atoms with van der Waals surface area (Å²) in [6, 6.07) is 3.83. The molecule has 1 aromatic carbocycles. The molecular weight excluding hydrogens is 257 g/mol. The summed E-state index contributed by atoms with van der Waals surface area (Å²) in [6.07, 6.45) is 1.88. The van der Waals surface area contributed by atoms with Gasteiger partial charge in [-0.05, 0) is 31.0 Å². The first kappa shape index (κ1) is 13.3. The van der Waals surface area contributed by atoms with Crippen molar-refractivity contribution in [1.82, 2.24) is 0 Å². The molecule has 1 aliphatic heterocycles. The number of nitrogens with zero attached hydrogens (tertiary/aromatic N) is 1.